The summed E-state index contributed by atoms with van der Waals surface area (Å²) < 4.78 is 29.0. The van der Waals surface area contributed by atoms with Gasteiger partial charge in [0.1, 0.15) is 17.4 Å². The summed E-state index contributed by atoms with van der Waals surface area (Å²) in [6.45, 7) is 0. The van der Waals surface area contributed by atoms with Gasteiger partial charge in [0.05, 0.1) is 4.90 Å². The van der Waals surface area contributed by atoms with Crippen LogP contribution in [-0.4, -0.2) is 5.11 Å². The van der Waals surface area contributed by atoms with Gasteiger partial charge in [-0.1, -0.05) is 36.0 Å². The molecular formula is C18H12F2OS2. The first-order valence-corrected chi connectivity index (χ1v) is 9.15. The van der Waals surface area contributed by atoms with Crippen molar-refractivity contribution >= 4 is 22.7 Å². The number of halogens is 2. The number of fused-ring (bicyclic) bond motifs is 2. The lowest BCUT2D eigenvalue weighted by Gasteiger charge is -2.31. The summed E-state index contributed by atoms with van der Waals surface area (Å²) >= 11 is 1.62. The number of hydrogen-bond donors (Lipinski definition) is 2. The lowest BCUT2D eigenvalue weighted by molar-refractivity contribution is 0.452. The number of aromatic hydroxyl groups is 1. The molecule has 3 aromatic carbocycles. The van der Waals surface area contributed by atoms with E-state index in [0.29, 0.717) is 0 Å². The molecule has 23 heavy (non-hydrogen) atoms. The van der Waals surface area contributed by atoms with Crippen molar-refractivity contribution in [2.75, 3.05) is 0 Å². The van der Waals surface area contributed by atoms with Gasteiger partial charge >= 0.3 is 0 Å². The van der Waals surface area contributed by atoms with Crippen LogP contribution in [0.1, 0.15) is 0 Å². The molecule has 0 atom stereocenters. The Morgan fingerprint density at radius 2 is 1.26 bits per heavy atom. The second-order valence-electron chi connectivity index (χ2n) is 5.13. The van der Waals surface area contributed by atoms with E-state index in [4.69, 9.17) is 0 Å². The Morgan fingerprint density at radius 3 is 1.78 bits per heavy atom. The van der Waals surface area contributed by atoms with E-state index in [1.54, 1.807) is 11.8 Å². The lowest BCUT2D eigenvalue weighted by Crippen LogP contribution is -2.01. The highest BCUT2D eigenvalue weighted by Crippen LogP contribution is 2.62. The first-order valence-electron chi connectivity index (χ1n) is 6.99. The third-order valence-corrected chi connectivity index (χ3v) is 7.73. The van der Waals surface area contributed by atoms with Gasteiger partial charge in [-0.25, -0.2) is 8.78 Å². The van der Waals surface area contributed by atoms with E-state index in [0.717, 1.165) is 31.7 Å². The van der Waals surface area contributed by atoms with Crippen LogP contribution in [0.25, 0.3) is 0 Å². The van der Waals surface area contributed by atoms with Crippen LogP contribution in [0, 0.1) is 11.6 Å². The molecule has 4 rings (SSSR count). The monoisotopic (exact) mass is 346 g/mol. The van der Waals surface area contributed by atoms with E-state index in [1.165, 1.54) is 0 Å². The van der Waals surface area contributed by atoms with Gasteiger partial charge in [-0.15, -0.1) is 0 Å². The summed E-state index contributed by atoms with van der Waals surface area (Å²) in [5.41, 5.74) is 0. The first-order chi connectivity index (χ1) is 11.1. The molecule has 1 aliphatic rings. The molecule has 1 nitrogen and oxygen atoms in total. The van der Waals surface area contributed by atoms with Crippen molar-refractivity contribution in [3.8, 4) is 5.75 Å². The molecule has 0 aromatic heterocycles. The highest BCUT2D eigenvalue weighted by molar-refractivity contribution is 8.18. The lowest BCUT2D eigenvalue weighted by atomic mass is 10.3. The van der Waals surface area contributed by atoms with Gasteiger partial charge in [0, 0.05) is 31.7 Å². The fourth-order valence-electron chi connectivity index (χ4n) is 2.71. The van der Waals surface area contributed by atoms with Crippen molar-refractivity contribution in [3.63, 3.8) is 0 Å². The predicted octanol–water partition coefficient (Wildman–Crippen LogP) is 5.61. The highest BCUT2D eigenvalue weighted by Gasteiger charge is 2.28. The van der Waals surface area contributed by atoms with Crippen molar-refractivity contribution in [1.82, 2.24) is 0 Å². The van der Waals surface area contributed by atoms with E-state index in [1.807, 2.05) is 48.5 Å². The Bertz CT molecular complexity index is 843. The molecular weight excluding hydrogens is 334 g/mol. The summed E-state index contributed by atoms with van der Waals surface area (Å²) in [6, 6.07) is 17.4. The van der Waals surface area contributed by atoms with Gasteiger partial charge in [-0.05, 0) is 24.3 Å². The average Bonchev–Trinajstić information content (AvgIpc) is 2.53. The maximum Gasteiger partial charge on any atom is 0.142 e. The van der Waals surface area contributed by atoms with Gasteiger partial charge in [0.2, 0.25) is 0 Å². The molecule has 0 amide bonds. The van der Waals surface area contributed by atoms with Crippen LogP contribution in [0.3, 0.4) is 0 Å². The Labute approximate surface area is 139 Å². The van der Waals surface area contributed by atoms with Crippen LogP contribution >= 0.6 is 22.7 Å². The van der Waals surface area contributed by atoms with E-state index >= 15 is 0 Å². The van der Waals surface area contributed by atoms with Crippen LogP contribution in [0.2, 0.25) is 0 Å². The quantitative estimate of drug-likeness (QED) is 0.437. The smallest absolute Gasteiger partial charge is 0.142 e. The maximum atomic E-state index is 14.5. The number of benzene rings is 3. The van der Waals surface area contributed by atoms with Gasteiger partial charge in [0.15, 0.2) is 0 Å². The zero-order valence-electron chi connectivity index (χ0n) is 11.8. The maximum absolute atomic E-state index is 14.5. The van der Waals surface area contributed by atoms with Gasteiger partial charge in [-0.3, -0.25) is 0 Å². The Balaban J connectivity index is 2.02. The van der Waals surface area contributed by atoms with Crippen LogP contribution in [0.5, 0.6) is 5.75 Å². The van der Waals surface area contributed by atoms with Crippen LogP contribution < -0.4 is 0 Å². The molecule has 0 spiro atoms. The summed E-state index contributed by atoms with van der Waals surface area (Å²) in [7, 11) is -1.33. The SMILES string of the molecule is Oc1cc(F)c([SH]2c3ccccc3Sc3ccccc32)c(F)c1. The number of rotatable bonds is 1. The second-order valence-corrected chi connectivity index (χ2v) is 8.30. The van der Waals surface area contributed by atoms with Crippen molar-refractivity contribution in [3.05, 3.63) is 72.3 Å². The molecule has 0 saturated heterocycles. The van der Waals surface area contributed by atoms with Gasteiger partial charge in [-0.2, -0.15) is 10.9 Å². The van der Waals surface area contributed by atoms with E-state index < -0.39 is 28.3 Å². The zero-order valence-corrected chi connectivity index (χ0v) is 13.5. The molecule has 0 saturated carbocycles. The van der Waals surface area contributed by atoms with Crippen molar-refractivity contribution < 1.29 is 13.9 Å². The standard InChI is InChI=1S/C18H12F2OS2/c19-12-9-11(21)10-13(20)18(12)23-16-7-3-1-5-14(16)22-15-6-2-4-8-17(15)23/h1-10,21,23H. The Morgan fingerprint density at radius 1 is 0.783 bits per heavy atom. The second kappa shape index (κ2) is 5.58. The minimum Gasteiger partial charge on any atom is -0.508 e. The molecule has 3 aromatic rings. The molecule has 0 radical (unpaired) electrons. The first kappa shape index (κ1) is 14.6. The molecule has 0 unspecified atom stereocenters. The Kier molecular flexibility index (Phi) is 3.54. The largest absolute Gasteiger partial charge is 0.508 e. The molecule has 0 bridgehead atoms. The minimum atomic E-state index is -1.33. The molecule has 1 aliphatic heterocycles. The number of thiol groups is 1. The van der Waals surface area contributed by atoms with Gasteiger partial charge < -0.3 is 5.11 Å². The van der Waals surface area contributed by atoms with Crippen LogP contribution in [0.4, 0.5) is 8.78 Å². The van der Waals surface area contributed by atoms with Gasteiger partial charge in [0.25, 0.3) is 0 Å². The number of phenols is 1. The highest BCUT2D eigenvalue weighted by atomic mass is 32.2. The third-order valence-electron chi connectivity index (χ3n) is 3.66. The third kappa shape index (κ3) is 2.40. The summed E-state index contributed by atoms with van der Waals surface area (Å²) in [4.78, 5) is 3.95. The fourth-order valence-corrected chi connectivity index (χ4v) is 6.77. The van der Waals surface area contributed by atoms with E-state index in [9.17, 15) is 13.9 Å². The summed E-state index contributed by atoms with van der Waals surface area (Å²) in [5.74, 6) is -1.80. The topological polar surface area (TPSA) is 20.2 Å². The normalized spacial score (nSPS) is 14.3. The van der Waals surface area contributed by atoms with Crippen molar-refractivity contribution in [2.45, 2.75) is 24.5 Å². The van der Waals surface area contributed by atoms with E-state index in [-0.39, 0.29) is 4.90 Å². The fraction of sp³-hybridized carbons (Fsp3) is 0. The molecule has 0 fully saturated rings. The van der Waals surface area contributed by atoms with Crippen molar-refractivity contribution in [2.24, 2.45) is 0 Å². The van der Waals surface area contributed by atoms with Crippen LogP contribution in [0.15, 0.2) is 85.1 Å². The Hall–Kier alpha value is -1.98. The van der Waals surface area contributed by atoms with E-state index in [2.05, 4.69) is 0 Å². The summed E-state index contributed by atoms with van der Waals surface area (Å²) in [6.07, 6.45) is 0. The molecule has 116 valence electrons. The minimum absolute atomic E-state index is 0.0398. The van der Waals surface area contributed by atoms with Crippen molar-refractivity contribution in [1.29, 1.82) is 0 Å². The molecule has 5 heteroatoms. The molecule has 1 N–H and O–H groups in total. The molecule has 0 aliphatic carbocycles. The number of phenolic OH excluding ortho intramolecular Hbond substituents is 1. The average molecular weight is 346 g/mol. The zero-order chi connectivity index (χ0) is 16.0. The molecule has 1 heterocycles. The predicted molar refractivity (Wildman–Crippen MR) is 88.8 cm³/mol. The number of hydrogen-bond acceptors (Lipinski definition) is 2. The summed E-state index contributed by atoms with van der Waals surface area (Å²) in [5, 5.41) is 9.43. The van der Waals surface area contributed by atoms with Crippen LogP contribution in [-0.2, 0) is 0 Å².